The molecule has 2 amide bonds. The highest BCUT2D eigenvalue weighted by atomic mass is 35.5. The molecule has 0 spiro atoms. The van der Waals surface area contributed by atoms with Gasteiger partial charge in [0, 0.05) is 50.2 Å². The number of hydrogen-bond acceptors (Lipinski definition) is 6. The number of piperidine rings is 1. The van der Waals surface area contributed by atoms with Gasteiger partial charge in [0.2, 0.25) is 5.91 Å². The van der Waals surface area contributed by atoms with E-state index in [9.17, 15) is 9.59 Å². The van der Waals surface area contributed by atoms with Crippen molar-refractivity contribution >= 4 is 34.8 Å². The van der Waals surface area contributed by atoms with Crippen LogP contribution in [0.4, 0.5) is 0 Å². The van der Waals surface area contributed by atoms with Gasteiger partial charge in [-0.2, -0.15) is 11.3 Å². The van der Waals surface area contributed by atoms with E-state index in [0.717, 1.165) is 43.6 Å². The Kier molecular flexibility index (Phi) is 9.88. The van der Waals surface area contributed by atoms with Crippen LogP contribution in [0.3, 0.4) is 0 Å². The number of nitrogens with one attached hydrogen (secondary N) is 1. The van der Waals surface area contributed by atoms with Crippen LogP contribution in [-0.2, 0) is 17.8 Å². The normalized spacial score (nSPS) is 15.3. The van der Waals surface area contributed by atoms with Crippen molar-refractivity contribution in [2.75, 3.05) is 19.6 Å². The quantitative estimate of drug-likeness (QED) is 0.355. The molecule has 0 unspecified atom stereocenters. The monoisotopic (exact) mass is 553 g/mol. The van der Waals surface area contributed by atoms with Crippen molar-refractivity contribution in [1.29, 1.82) is 0 Å². The van der Waals surface area contributed by atoms with Crippen molar-refractivity contribution in [1.82, 2.24) is 25.1 Å². The molecule has 3 aromatic rings. The van der Waals surface area contributed by atoms with Crippen molar-refractivity contribution in [2.24, 2.45) is 0 Å². The number of thiophene rings is 1. The summed E-state index contributed by atoms with van der Waals surface area (Å²) in [5.41, 5.74) is 4.06. The lowest BCUT2D eigenvalue weighted by Gasteiger charge is -2.41. The van der Waals surface area contributed by atoms with Gasteiger partial charge in [-0.1, -0.05) is 17.7 Å². The smallest absolute Gasteiger partial charge is 0.253 e. The van der Waals surface area contributed by atoms with Crippen molar-refractivity contribution < 1.29 is 9.59 Å². The zero-order valence-electron chi connectivity index (χ0n) is 22.3. The van der Waals surface area contributed by atoms with E-state index >= 15 is 0 Å². The predicted molar refractivity (Wildman–Crippen MR) is 153 cm³/mol. The summed E-state index contributed by atoms with van der Waals surface area (Å²) in [6, 6.07) is 10.1. The lowest BCUT2D eigenvalue weighted by molar-refractivity contribution is -0.134. The Morgan fingerprint density at radius 3 is 2.68 bits per heavy atom. The average molecular weight is 554 g/mol. The number of aryl methyl sites for hydroxylation is 2. The number of nitrogens with zero attached hydrogens (tertiary/aromatic N) is 4. The molecule has 3 aromatic heterocycles. The van der Waals surface area contributed by atoms with Crippen LogP contribution in [0.1, 0.15) is 59.1 Å². The van der Waals surface area contributed by atoms with Gasteiger partial charge in [0.05, 0.1) is 17.7 Å². The second-order valence-electron chi connectivity index (χ2n) is 10.0. The van der Waals surface area contributed by atoms with Crippen LogP contribution in [0.2, 0.25) is 5.15 Å². The first kappa shape index (κ1) is 28.2. The lowest BCUT2D eigenvalue weighted by Crippen LogP contribution is -2.49. The lowest BCUT2D eigenvalue weighted by atomic mass is 9.99. The molecule has 0 bridgehead atoms. The van der Waals surface area contributed by atoms with Gasteiger partial charge < -0.3 is 15.1 Å². The summed E-state index contributed by atoms with van der Waals surface area (Å²) >= 11 is 7.67. The minimum Gasteiger partial charge on any atom is -0.352 e. The Hall–Kier alpha value is -2.81. The Bertz CT molecular complexity index is 1190. The molecule has 1 saturated heterocycles. The van der Waals surface area contributed by atoms with Gasteiger partial charge in [0.15, 0.2) is 0 Å². The standard InChI is InChI=1S/C29H36ClN5O2S/c1-20-16-26(30)33-22(3)28(20)29(37)32-12-7-21(2)34-13-8-25(9-14-34)35(18-23-10-15-38-19-23)27(36)17-24-6-4-5-11-31-24/h4-6,10-11,15-16,19,21,25H,7-9,12-14,17-18H2,1-3H3,(H,32,37)/t21-/m1/s1. The van der Waals surface area contributed by atoms with Crippen LogP contribution in [-0.4, -0.2) is 63.3 Å². The largest absolute Gasteiger partial charge is 0.352 e. The number of carbonyl (C=O) groups excluding carboxylic acids is 2. The molecule has 9 heteroatoms. The van der Waals surface area contributed by atoms with Crippen LogP contribution in [0.15, 0.2) is 47.3 Å². The highest BCUT2D eigenvalue weighted by molar-refractivity contribution is 7.07. The van der Waals surface area contributed by atoms with Gasteiger partial charge in [-0.05, 0) is 86.2 Å². The number of amides is 2. The number of pyridine rings is 2. The van der Waals surface area contributed by atoms with Gasteiger partial charge in [0.1, 0.15) is 5.15 Å². The molecule has 4 rings (SSSR count). The van der Waals surface area contributed by atoms with Gasteiger partial charge >= 0.3 is 0 Å². The maximum absolute atomic E-state index is 13.4. The molecule has 1 atom stereocenters. The van der Waals surface area contributed by atoms with Crippen LogP contribution < -0.4 is 5.32 Å². The van der Waals surface area contributed by atoms with E-state index in [2.05, 4.69) is 48.8 Å². The molecule has 1 aliphatic heterocycles. The van der Waals surface area contributed by atoms with E-state index in [4.69, 9.17) is 11.6 Å². The van der Waals surface area contributed by atoms with Gasteiger partial charge in [-0.15, -0.1) is 0 Å². The molecule has 1 fully saturated rings. The zero-order valence-corrected chi connectivity index (χ0v) is 23.9. The second-order valence-corrected chi connectivity index (χ2v) is 11.2. The fraction of sp³-hybridized carbons (Fsp3) is 0.448. The number of likely N-dealkylation sites (tertiary alicyclic amines) is 1. The molecular weight excluding hydrogens is 518 g/mol. The van der Waals surface area contributed by atoms with Gasteiger partial charge in [-0.3, -0.25) is 14.6 Å². The van der Waals surface area contributed by atoms with E-state index in [1.165, 1.54) is 5.56 Å². The van der Waals surface area contributed by atoms with E-state index < -0.39 is 0 Å². The first-order chi connectivity index (χ1) is 18.3. The van der Waals surface area contributed by atoms with E-state index in [1.807, 2.05) is 32.0 Å². The summed E-state index contributed by atoms with van der Waals surface area (Å²) in [6.45, 7) is 8.98. The van der Waals surface area contributed by atoms with Crippen LogP contribution in [0, 0.1) is 13.8 Å². The van der Waals surface area contributed by atoms with E-state index in [1.54, 1.807) is 23.6 Å². The second kappa shape index (κ2) is 13.3. The number of hydrogen-bond donors (Lipinski definition) is 1. The Morgan fingerprint density at radius 1 is 1.24 bits per heavy atom. The highest BCUT2D eigenvalue weighted by Crippen LogP contribution is 2.23. The number of aromatic nitrogens is 2. The number of rotatable bonds is 10. The molecule has 4 heterocycles. The Balaban J connectivity index is 1.29. The first-order valence-corrected chi connectivity index (χ1v) is 14.5. The molecule has 202 valence electrons. The minimum absolute atomic E-state index is 0.106. The third-order valence-electron chi connectivity index (χ3n) is 7.32. The van der Waals surface area contributed by atoms with Crippen molar-refractivity contribution in [2.45, 2.75) is 65.1 Å². The summed E-state index contributed by atoms with van der Waals surface area (Å²) in [4.78, 5) is 39.2. The summed E-state index contributed by atoms with van der Waals surface area (Å²) in [5.74, 6) is 0.0250. The maximum atomic E-state index is 13.4. The molecule has 38 heavy (non-hydrogen) atoms. The highest BCUT2D eigenvalue weighted by Gasteiger charge is 2.30. The van der Waals surface area contributed by atoms with E-state index in [0.29, 0.717) is 42.0 Å². The van der Waals surface area contributed by atoms with Crippen LogP contribution in [0.25, 0.3) is 0 Å². The number of halogens is 1. The SMILES string of the molecule is Cc1cc(Cl)nc(C)c1C(=O)NCC[C@@H](C)N1CCC(N(Cc2ccsc2)C(=O)Cc2ccccn2)CC1. The van der Waals surface area contributed by atoms with Crippen molar-refractivity contribution in [3.05, 3.63) is 80.5 Å². The Morgan fingerprint density at radius 2 is 2.03 bits per heavy atom. The zero-order chi connectivity index (χ0) is 27.1. The molecule has 0 radical (unpaired) electrons. The maximum Gasteiger partial charge on any atom is 0.253 e. The van der Waals surface area contributed by atoms with Gasteiger partial charge in [-0.25, -0.2) is 4.98 Å². The van der Waals surface area contributed by atoms with Crippen molar-refractivity contribution in [3.8, 4) is 0 Å². The summed E-state index contributed by atoms with van der Waals surface area (Å²) < 4.78 is 0. The van der Waals surface area contributed by atoms with Crippen molar-refractivity contribution in [3.63, 3.8) is 0 Å². The molecule has 0 aromatic carbocycles. The summed E-state index contributed by atoms with van der Waals surface area (Å²) in [5, 5.41) is 7.64. The molecule has 0 aliphatic carbocycles. The molecular formula is C29H36ClN5O2S. The minimum atomic E-state index is -0.106. The van der Waals surface area contributed by atoms with E-state index in [-0.39, 0.29) is 17.9 Å². The number of carbonyl (C=O) groups is 2. The molecule has 1 N–H and O–H groups in total. The topological polar surface area (TPSA) is 78.4 Å². The Labute approximate surface area is 234 Å². The average Bonchev–Trinajstić information content (AvgIpc) is 3.41. The van der Waals surface area contributed by atoms with Gasteiger partial charge in [0.25, 0.3) is 5.91 Å². The fourth-order valence-electron chi connectivity index (χ4n) is 5.19. The summed E-state index contributed by atoms with van der Waals surface area (Å²) in [7, 11) is 0. The molecule has 7 nitrogen and oxygen atoms in total. The van der Waals surface area contributed by atoms with Crippen LogP contribution in [0.5, 0.6) is 0 Å². The molecule has 1 aliphatic rings. The first-order valence-electron chi connectivity index (χ1n) is 13.2. The summed E-state index contributed by atoms with van der Waals surface area (Å²) in [6.07, 6.45) is 4.78. The molecule has 0 saturated carbocycles. The third-order valence-corrected chi connectivity index (χ3v) is 8.24. The fourth-order valence-corrected chi connectivity index (χ4v) is 6.14. The third kappa shape index (κ3) is 7.40. The van der Waals surface area contributed by atoms with Crippen LogP contribution >= 0.6 is 22.9 Å². The predicted octanol–water partition coefficient (Wildman–Crippen LogP) is 5.05.